The van der Waals surface area contributed by atoms with Crippen LogP contribution in [0, 0.1) is 6.07 Å². The molecule has 0 atom stereocenters. The lowest BCUT2D eigenvalue weighted by Crippen LogP contribution is -2.36. The van der Waals surface area contributed by atoms with E-state index in [2.05, 4.69) is 10.8 Å². The molecule has 0 spiro atoms. The quantitative estimate of drug-likeness (QED) is 0.572. The van der Waals surface area contributed by atoms with E-state index in [1.54, 1.807) is 0 Å². The molecule has 1 aromatic rings. The third-order valence-corrected chi connectivity index (χ3v) is 1.77. The molecule has 0 saturated carbocycles. The molecule has 1 aliphatic rings. The first-order chi connectivity index (χ1) is 5.95. The van der Waals surface area contributed by atoms with Crippen molar-refractivity contribution in [3.63, 3.8) is 0 Å². The molecule has 0 N–H and O–H groups in total. The highest BCUT2D eigenvalue weighted by atomic mass is 19.3. The summed E-state index contributed by atoms with van der Waals surface area (Å²) in [4.78, 5) is 0. The van der Waals surface area contributed by atoms with Crippen LogP contribution in [-0.4, -0.2) is 6.11 Å². The Labute approximate surface area is 70.9 Å². The molecule has 2 rings (SSSR count). The summed E-state index contributed by atoms with van der Waals surface area (Å²) >= 11 is 0. The summed E-state index contributed by atoms with van der Waals surface area (Å²) < 4.78 is 54.5. The van der Waals surface area contributed by atoms with Crippen LogP contribution in [0.1, 0.15) is 5.56 Å². The Morgan fingerprint density at radius 1 is 1.23 bits per heavy atom. The van der Waals surface area contributed by atoms with Crippen molar-refractivity contribution in [2.24, 2.45) is 0 Å². The molecule has 0 fully saturated rings. The Bertz CT molecular complexity index is 348. The maximum absolute atomic E-state index is 12.8. The third kappa shape index (κ3) is 0.928. The van der Waals surface area contributed by atoms with Gasteiger partial charge < -0.3 is 4.74 Å². The van der Waals surface area contributed by atoms with Crippen molar-refractivity contribution >= 4 is 0 Å². The van der Waals surface area contributed by atoms with E-state index in [1.807, 2.05) is 0 Å². The van der Waals surface area contributed by atoms with E-state index in [4.69, 9.17) is 0 Å². The number of alkyl halides is 4. The zero-order valence-corrected chi connectivity index (χ0v) is 6.15. The van der Waals surface area contributed by atoms with Gasteiger partial charge in [-0.2, -0.15) is 17.6 Å². The summed E-state index contributed by atoms with van der Waals surface area (Å²) in [5.41, 5.74) is -0.795. The highest BCUT2D eigenvalue weighted by molar-refractivity contribution is 5.41. The fraction of sp³-hybridized carbons (Fsp3) is 0.250. The Morgan fingerprint density at radius 2 is 1.92 bits per heavy atom. The van der Waals surface area contributed by atoms with Gasteiger partial charge in [0.2, 0.25) is 0 Å². The molecule has 5 heteroatoms. The highest BCUT2D eigenvalue weighted by Gasteiger charge is 2.66. The standard InChI is InChI=1S/C8H3F4O/c9-7(10)5-3-1-2-4-6(5)13-8(7,11)12/h1,3-4H. The molecule has 0 saturated heterocycles. The van der Waals surface area contributed by atoms with Gasteiger partial charge in [0.05, 0.1) is 5.56 Å². The number of halogens is 4. The monoisotopic (exact) mass is 191 g/mol. The molecule has 1 nitrogen and oxygen atoms in total. The van der Waals surface area contributed by atoms with Crippen molar-refractivity contribution in [1.82, 2.24) is 0 Å². The number of hydrogen-bond donors (Lipinski definition) is 0. The summed E-state index contributed by atoms with van der Waals surface area (Å²) in [6, 6.07) is 5.35. The smallest absolute Gasteiger partial charge is 0.427 e. The van der Waals surface area contributed by atoms with Gasteiger partial charge in [-0.1, -0.05) is 6.07 Å². The second-order valence-electron chi connectivity index (χ2n) is 2.62. The van der Waals surface area contributed by atoms with Crippen molar-refractivity contribution in [3.05, 3.63) is 29.8 Å². The second kappa shape index (κ2) is 2.16. The number of hydrogen-bond acceptors (Lipinski definition) is 1. The Morgan fingerprint density at radius 3 is 2.54 bits per heavy atom. The van der Waals surface area contributed by atoms with Crippen molar-refractivity contribution in [2.45, 2.75) is 12.0 Å². The normalized spacial score (nSPS) is 22.2. The first-order valence-corrected chi connectivity index (χ1v) is 3.40. The minimum atomic E-state index is -4.45. The van der Waals surface area contributed by atoms with E-state index in [9.17, 15) is 17.6 Å². The van der Waals surface area contributed by atoms with E-state index in [1.165, 1.54) is 0 Å². The zero-order valence-electron chi connectivity index (χ0n) is 6.15. The van der Waals surface area contributed by atoms with Gasteiger partial charge in [0.25, 0.3) is 0 Å². The lowest BCUT2D eigenvalue weighted by molar-refractivity contribution is -0.296. The van der Waals surface area contributed by atoms with Crippen LogP contribution >= 0.6 is 0 Å². The maximum Gasteiger partial charge on any atom is 0.469 e. The predicted octanol–water partition coefficient (Wildman–Crippen LogP) is 2.56. The average Bonchev–Trinajstić information content (AvgIpc) is 2.20. The van der Waals surface area contributed by atoms with E-state index in [-0.39, 0.29) is 0 Å². The van der Waals surface area contributed by atoms with Crippen molar-refractivity contribution in [2.75, 3.05) is 0 Å². The largest absolute Gasteiger partial charge is 0.469 e. The lowest BCUT2D eigenvalue weighted by atomic mass is 10.1. The van der Waals surface area contributed by atoms with Gasteiger partial charge >= 0.3 is 12.0 Å². The minimum absolute atomic E-state index is 0.516. The number of rotatable bonds is 0. The van der Waals surface area contributed by atoms with Gasteiger partial charge in [0.1, 0.15) is 5.75 Å². The average molecular weight is 191 g/mol. The van der Waals surface area contributed by atoms with Crippen LogP contribution in [0.4, 0.5) is 17.6 Å². The van der Waals surface area contributed by atoms with Gasteiger partial charge in [-0.3, -0.25) is 0 Å². The summed E-state index contributed by atoms with van der Waals surface area (Å²) in [5.74, 6) is -4.77. The molecule has 1 aliphatic heterocycles. The zero-order chi connectivity index (χ0) is 9.69. The topological polar surface area (TPSA) is 9.23 Å². The second-order valence-corrected chi connectivity index (χ2v) is 2.62. The molecule has 1 radical (unpaired) electrons. The van der Waals surface area contributed by atoms with Crippen LogP contribution in [0.25, 0.3) is 0 Å². The fourth-order valence-corrected chi connectivity index (χ4v) is 1.12. The highest BCUT2D eigenvalue weighted by Crippen LogP contribution is 2.52. The molecular weight excluding hydrogens is 188 g/mol. The molecule has 1 aromatic carbocycles. The van der Waals surface area contributed by atoms with Crippen LogP contribution in [0.3, 0.4) is 0 Å². The first kappa shape index (κ1) is 8.34. The summed E-state index contributed by atoms with van der Waals surface area (Å²) in [6.45, 7) is 0. The predicted molar refractivity (Wildman–Crippen MR) is 34.7 cm³/mol. The van der Waals surface area contributed by atoms with Gasteiger partial charge in [-0.15, -0.1) is 0 Å². The maximum atomic E-state index is 12.8. The van der Waals surface area contributed by atoms with E-state index < -0.39 is 23.3 Å². The van der Waals surface area contributed by atoms with Crippen LogP contribution in [0.2, 0.25) is 0 Å². The first-order valence-electron chi connectivity index (χ1n) is 3.40. The number of benzene rings is 1. The van der Waals surface area contributed by atoms with Crippen LogP contribution < -0.4 is 4.74 Å². The number of ether oxygens (including phenoxy) is 1. The van der Waals surface area contributed by atoms with Crippen molar-refractivity contribution in [1.29, 1.82) is 0 Å². The minimum Gasteiger partial charge on any atom is -0.427 e. The van der Waals surface area contributed by atoms with E-state index >= 15 is 0 Å². The molecular formula is C8H3F4O. The molecule has 0 amide bonds. The Kier molecular flexibility index (Phi) is 1.38. The summed E-state index contributed by atoms with van der Waals surface area (Å²) in [5, 5.41) is 0. The van der Waals surface area contributed by atoms with Crippen molar-refractivity contribution < 1.29 is 22.3 Å². The Hall–Kier alpha value is -1.26. The fourth-order valence-electron chi connectivity index (χ4n) is 1.12. The van der Waals surface area contributed by atoms with Crippen molar-refractivity contribution in [3.8, 4) is 5.75 Å². The van der Waals surface area contributed by atoms with Crippen LogP contribution in [-0.2, 0) is 5.92 Å². The van der Waals surface area contributed by atoms with Gasteiger partial charge in [-0.05, 0) is 18.2 Å². The molecule has 1 heterocycles. The number of fused-ring (bicyclic) bond motifs is 1. The molecule has 0 unspecified atom stereocenters. The molecule has 0 aliphatic carbocycles. The Balaban J connectivity index is 2.60. The summed E-state index contributed by atoms with van der Waals surface area (Å²) in [6.07, 6.45) is -4.45. The molecule has 69 valence electrons. The van der Waals surface area contributed by atoms with Gasteiger partial charge in [0.15, 0.2) is 0 Å². The molecule has 0 aromatic heterocycles. The SMILES string of the molecule is FC1(F)Oc2c[c]ccc2C1(F)F. The van der Waals surface area contributed by atoms with Gasteiger partial charge in [-0.25, -0.2) is 0 Å². The summed E-state index contributed by atoms with van der Waals surface area (Å²) in [7, 11) is 0. The van der Waals surface area contributed by atoms with E-state index in [0.717, 1.165) is 18.2 Å². The van der Waals surface area contributed by atoms with Gasteiger partial charge in [0, 0.05) is 0 Å². The molecule has 13 heavy (non-hydrogen) atoms. The lowest BCUT2D eigenvalue weighted by Gasteiger charge is -2.15. The van der Waals surface area contributed by atoms with Crippen LogP contribution in [0.15, 0.2) is 18.2 Å². The van der Waals surface area contributed by atoms with Crippen LogP contribution in [0.5, 0.6) is 5.75 Å². The molecule has 0 bridgehead atoms. The third-order valence-electron chi connectivity index (χ3n) is 1.77. The van der Waals surface area contributed by atoms with E-state index in [0.29, 0.717) is 0 Å².